The largest absolute Gasteiger partial charge is 2.00 e. The minimum absolute atomic E-state index is 0. The molecule has 1 saturated heterocycles. The van der Waals surface area contributed by atoms with Crippen molar-refractivity contribution in [1.82, 2.24) is 5.32 Å². The van der Waals surface area contributed by atoms with Gasteiger partial charge in [-0.15, -0.1) is 0 Å². The summed E-state index contributed by atoms with van der Waals surface area (Å²) in [5.41, 5.74) is 15.2. The summed E-state index contributed by atoms with van der Waals surface area (Å²) in [7, 11) is 0. The van der Waals surface area contributed by atoms with Gasteiger partial charge in [0, 0.05) is 29.7 Å². The van der Waals surface area contributed by atoms with Crippen molar-refractivity contribution in [1.29, 1.82) is 0 Å². The third kappa shape index (κ3) is 18.5. The molecule has 1 fully saturated rings. The Morgan fingerprint density at radius 3 is 1.82 bits per heavy atom. The number of carboxylic acids is 3. The molecule has 12 nitrogen and oxygen atoms in total. The zero-order valence-corrected chi connectivity index (χ0v) is 22.9. The van der Waals surface area contributed by atoms with E-state index in [0.29, 0.717) is 18.5 Å². The van der Waals surface area contributed by atoms with Gasteiger partial charge in [0.1, 0.15) is 6.04 Å². The predicted octanol–water partition coefficient (Wildman–Crippen LogP) is -0.599. The molecule has 1 heterocycles. The molecule has 0 aliphatic carbocycles. The van der Waals surface area contributed by atoms with Gasteiger partial charge in [0.25, 0.3) is 0 Å². The minimum atomic E-state index is -1.52. The van der Waals surface area contributed by atoms with Crippen molar-refractivity contribution in [2.45, 2.75) is 51.0 Å². The van der Waals surface area contributed by atoms with Crippen LogP contribution in [-0.2, 0) is 26.7 Å². The Morgan fingerprint density at radius 1 is 0.875 bits per heavy atom. The van der Waals surface area contributed by atoms with Crippen molar-refractivity contribution in [2.75, 3.05) is 13.1 Å². The van der Waals surface area contributed by atoms with Gasteiger partial charge < -0.3 is 47.4 Å². The molecule has 1 atom stereocenters. The summed E-state index contributed by atoms with van der Waals surface area (Å²) in [5, 5.41) is 31.8. The number of carboxylic acid groups (broad SMARTS) is 3. The van der Waals surface area contributed by atoms with E-state index < -0.39 is 23.9 Å². The zero-order valence-electron chi connectivity index (χ0n) is 22.0. The van der Waals surface area contributed by atoms with Crippen LogP contribution in [0.5, 0.6) is 0 Å². The fourth-order valence-electron chi connectivity index (χ4n) is 2.98. The van der Waals surface area contributed by atoms with E-state index in [9.17, 15) is 34.2 Å². The molecule has 1 aliphatic rings. The molecule has 1 radical (unpaired) electrons. The first-order chi connectivity index (χ1) is 18.5. The summed E-state index contributed by atoms with van der Waals surface area (Å²) in [4.78, 5) is 51.8. The summed E-state index contributed by atoms with van der Waals surface area (Å²) in [6.45, 7) is 1.49. The molecular weight excluding hydrogens is 572 g/mol. The number of nitrogens with two attached hydrogens (primary N) is 3. The molecule has 13 heteroatoms. The van der Waals surface area contributed by atoms with Gasteiger partial charge in [0.2, 0.25) is 11.8 Å². The molecule has 8 N–H and O–H groups in total. The molecule has 0 saturated carbocycles. The minimum Gasteiger partial charge on any atom is -0.545 e. The Bertz CT molecular complexity index is 1010. The Morgan fingerprint density at radius 2 is 1.40 bits per heavy atom. The van der Waals surface area contributed by atoms with Gasteiger partial charge in [-0.25, -0.2) is 0 Å². The van der Waals surface area contributed by atoms with Crippen molar-refractivity contribution in [3.05, 3.63) is 71.3 Å². The van der Waals surface area contributed by atoms with Crippen LogP contribution < -0.4 is 32.7 Å². The summed E-state index contributed by atoms with van der Waals surface area (Å²) in [5.74, 6) is -4.13. The van der Waals surface area contributed by atoms with Crippen LogP contribution >= 0.6 is 0 Å². The second-order valence-corrected chi connectivity index (χ2v) is 8.24. The van der Waals surface area contributed by atoms with E-state index in [4.69, 9.17) is 22.3 Å². The maximum absolute atomic E-state index is 10.6. The zero-order chi connectivity index (χ0) is 29.6. The maximum atomic E-state index is 10.6. The molecule has 0 aromatic heterocycles. The van der Waals surface area contributed by atoms with Crippen molar-refractivity contribution >= 4 is 29.7 Å². The number of hydrogen-bond acceptors (Lipinski definition) is 9. The number of unbranched alkanes of at least 4 members (excludes halogenated alkanes) is 1. The van der Waals surface area contributed by atoms with Gasteiger partial charge in [-0.3, -0.25) is 14.4 Å². The van der Waals surface area contributed by atoms with Crippen LogP contribution in [0.2, 0.25) is 0 Å². The van der Waals surface area contributed by atoms with E-state index in [-0.39, 0.29) is 40.0 Å². The molecule has 2 aromatic carbocycles. The van der Waals surface area contributed by atoms with E-state index in [1.807, 2.05) is 6.07 Å². The van der Waals surface area contributed by atoms with Gasteiger partial charge >= 0.3 is 23.0 Å². The smallest absolute Gasteiger partial charge is 0.545 e. The van der Waals surface area contributed by atoms with Crippen molar-refractivity contribution < 1.29 is 56.4 Å². The first kappa shape index (κ1) is 38.4. The molecular formula is C27H36CuN4O8. The first-order valence-electron chi connectivity index (χ1n) is 12.3. The van der Waals surface area contributed by atoms with Crippen molar-refractivity contribution in [3.8, 4) is 0 Å². The van der Waals surface area contributed by atoms with Crippen LogP contribution in [0.25, 0.3) is 0 Å². The van der Waals surface area contributed by atoms with Gasteiger partial charge in [-0.1, -0.05) is 55.3 Å². The molecule has 1 aliphatic heterocycles. The molecule has 2 aromatic rings. The average molecular weight is 608 g/mol. The van der Waals surface area contributed by atoms with Crippen LogP contribution in [0, 0.1) is 0 Å². The number of rotatable bonds is 8. The number of carbonyl (C=O) groups is 5. The summed E-state index contributed by atoms with van der Waals surface area (Å²) in [6.07, 6.45) is 6.34. The standard InChI is InChI=1S/C8H6O4.C7H7NO.C6H14N2O2.C6H11NO.Cu/c9-7(10)5-3-1-2-4-6(5)8(11)12;8-7(9)6-4-2-1-3-5-6;7-4-2-1-3-5(8)6(9)10;8-6-4-2-1-3-5-7-6;/h1-4H,(H,9,10)(H,11,12);1-5H,(H2,8,9);5H,1-4,7-8H2,(H,9,10);1-5H2,(H,7,8);/q;;;;+2/p-2. The summed E-state index contributed by atoms with van der Waals surface area (Å²) >= 11 is 0. The Kier molecular flexibility index (Phi) is 22.2. The Labute approximate surface area is 243 Å². The second kappa shape index (κ2) is 23.1. The topological polar surface area (TPSA) is 242 Å². The number of nitrogens with one attached hydrogen (secondary N) is 1. The van der Waals surface area contributed by atoms with Gasteiger partial charge in [0.15, 0.2) is 0 Å². The average Bonchev–Trinajstić information content (AvgIpc) is 3.17. The van der Waals surface area contributed by atoms with E-state index in [2.05, 4.69) is 5.32 Å². The van der Waals surface area contributed by atoms with Gasteiger partial charge in [0.05, 0.1) is 11.9 Å². The molecule has 2 amide bonds. The SMILES string of the molecule is NC(=O)c1ccccc1.NCCCCC(N)C(=O)O.O=C([O-])c1ccccc1C(=O)[O-].O=C1CCCCCN1.[Cu+2]. The number of primary amides is 1. The van der Waals surface area contributed by atoms with Crippen LogP contribution in [0.3, 0.4) is 0 Å². The van der Waals surface area contributed by atoms with Crippen LogP contribution in [0.1, 0.15) is 76.0 Å². The number of carbonyl (C=O) groups excluding carboxylic acids is 4. The number of amides is 2. The maximum Gasteiger partial charge on any atom is 2.00 e. The van der Waals surface area contributed by atoms with Crippen LogP contribution in [-0.4, -0.2) is 54.0 Å². The molecule has 3 rings (SSSR count). The van der Waals surface area contributed by atoms with Crippen molar-refractivity contribution in [2.24, 2.45) is 17.2 Å². The molecule has 40 heavy (non-hydrogen) atoms. The predicted molar refractivity (Wildman–Crippen MR) is 140 cm³/mol. The summed E-state index contributed by atoms with van der Waals surface area (Å²) in [6, 6.07) is 13.2. The number of hydrogen-bond donors (Lipinski definition) is 5. The van der Waals surface area contributed by atoms with Gasteiger partial charge in [-0.2, -0.15) is 0 Å². The number of aliphatic carboxylic acids is 1. The third-order valence-corrected chi connectivity index (χ3v) is 5.11. The number of benzene rings is 2. The fourth-order valence-corrected chi connectivity index (χ4v) is 2.98. The summed E-state index contributed by atoms with van der Waals surface area (Å²) < 4.78 is 0. The first-order valence-corrected chi connectivity index (χ1v) is 12.3. The van der Waals surface area contributed by atoms with E-state index >= 15 is 0 Å². The van der Waals surface area contributed by atoms with Gasteiger partial charge in [-0.05, 0) is 44.4 Å². The van der Waals surface area contributed by atoms with Crippen LogP contribution in [0.15, 0.2) is 54.6 Å². The van der Waals surface area contributed by atoms with E-state index in [1.165, 1.54) is 18.6 Å². The van der Waals surface area contributed by atoms with E-state index in [0.717, 1.165) is 50.8 Å². The van der Waals surface area contributed by atoms with Crippen molar-refractivity contribution in [3.63, 3.8) is 0 Å². The Hall–Kier alpha value is -3.77. The van der Waals surface area contributed by atoms with Crippen LogP contribution in [0.4, 0.5) is 0 Å². The molecule has 0 bridgehead atoms. The number of aromatic carboxylic acids is 2. The molecule has 1 unspecified atom stereocenters. The van der Waals surface area contributed by atoms with E-state index in [1.54, 1.807) is 24.3 Å². The third-order valence-electron chi connectivity index (χ3n) is 5.11. The molecule has 0 spiro atoms. The Balaban J connectivity index is 0. The quantitative estimate of drug-likeness (QED) is 0.188. The second-order valence-electron chi connectivity index (χ2n) is 8.24. The fraction of sp³-hybridized carbons (Fsp3) is 0.370. The molecule has 223 valence electrons. The monoisotopic (exact) mass is 607 g/mol. The normalized spacial score (nSPS) is 12.4.